The molecule has 6 heteroatoms. The number of hydrogen-bond acceptors (Lipinski definition) is 3. The van der Waals surface area contributed by atoms with Crippen LogP contribution in [-0.4, -0.2) is 4.89 Å². The van der Waals surface area contributed by atoms with Crippen molar-refractivity contribution in [2.24, 2.45) is 0 Å². The number of rotatable bonds is 4. The highest BCUT2D eigenvalue weighted by atomic mass is 79.9. The average molecular weight is 311 g/mol. The number of hydrogen-bond donors (Lipinski definition) is 1. The zero-order valence-corrected chi connectivity index (χ0v) is 11.5. The molecule has 0 spiro atoms. The van der Waals surface area contributed by atoms with Crippen molar-refractivity contribution >= 4 is 24.8 Å². The third-order valence-corrected chi connectivity index (χ3v) is 3.39. The van der Waals surface area contributed by atoms with Crippen LogP contribution in [0.5, 0.6) is 0 Å². The Kier molecular flexibility index (Phi) is 5.09. The lowest BCUT2D eigenvalue weighted by Gasteiger charge is -2.14. The van der Waals surface area contributed by atoms with Crippen LogP contribution in [0.1, 0.15) is 38.5 Å². The summed E-state index contributed by atoms with van der Waals surface area (Å²) in [6.45, 7) is 0. The van der Waals surface area contributed by atoms with Crippen molar-refractivity contribution in [3.05, 3.63) is 23.7 Å². The molecular weight excluding hydrogens is 295 g/mol. The van der Waals surface area contributed by atoms with Crippen LogP contribution in [0.25, 0.3) is 0 Å². The molecule has 0 aromatic rings. The van der Waals surface area contributed by atoms with E-state index in [1.54, 1.807) is 0 Å². The van der Waals surface area contributed by atoms with Gasteiger partial charge in [-0.15, -0.1) is 17.0 Å². The van der Waals surface area contributed by atoms with E-state index in [4.69, 9.17) is 9.05 Å². The van der Waals surface area contributed by atoms with E-state index in [0.717, 1.165) is 38.5 Å². The van der Waals surface area contributed by atoms with Crippen molar-refractivity contribution in [1.29, 1.82) is 0 Å². The molecule has 2 rings (SSSR count). The molecule has 0 aromatic carbocycles. The van der Waals surface area contributed by atoms with Crippen molar-refractivity contribution in [3.63, 3.8) is 0 Å². The summed E-state index contributed by atoms with van der Waals surface area (Å²) >= 11 is 0. The largest absolute Gasteiger partial charge is 0.584 e. The zero-order chi connectivity index (χ0) is 10.7. The van der Waals surface area contributed by atoms with Crippen molar-refractivity contribution in [2.75, 3.05) is 0 Å². The monoisotopic (exact) mass is 310 g/mol. The Bertz CT molecular complexity index is 321. The molecule has 92 valence electrons. The Morgan fingerprint density at radius 2 is 1.50 bits per heavy atom. The van der Waals surface area contributed by atoms with Gasteiger partial charge in [0.25, 0.3) is 0 Å². The maximum absolute atomic E-state index is 11.6. The minimum Gasteiger partial charge on any atom is -0.400 e. The minimum absolute atomic E-state index is 0. The van der Waals surface area contributed by atoms with E-state index >= 15 is 0 Å². The molecule has 0 bridgehead atoms. The zero-order valence-electron chi connectivity index (χ0n) is 8.92. The second kappa shape index (κ2) is 5.89. The highest BCUT2D eigenvalue weighted by Gasteiger charge is 2.28. The number of phosphoric acid groups is 1. The second-order valence-electron chi connectivity index (χ2n) is 3.78. The van der Waals surface area contributed by atoms with E-state index < -0.39 is 7.82 Å². The Balaban J connectivity index is 0.00000128. The Morgan fingerprint density at radius 1 is 1.06 bits per heavy atom. The van der Waals surface area contributed by atoms with Gasteiger partial charge in [-0.25, -0.2) is 4.57 Å². The number of allylic oxidation sites excluding steroid dienone is 4. The predicted octanol–water partition coefficient (Wildman–Crippen LogP) is 3.83. The molecule has 0 atom stereocenters. The van der Waals surface area contributed by atoms with Gasteiger partial charge in [0, 0.05) is 12.8 Å². The molecule has 2 aliphatic rings. The predicted molar refractivity (Wildman–Crippen MR) is 66.2 cm³/mol. The van der Waals surface area contributed by atoms with Crippen molar-refractivity contribution in [1.82, 2.24) is 0 Å². The first kappa shape index (κ1) is 13.8. The molecular formula is C10H16BrO4P. The van der Waals surface area contributed by atoms with Gasteiger partial charge in [-0.1, -0.05) is 0 Å². The highest BCUT2D eigenvalue weighted by Crippen LogP contribution is 2.50. The third-order valence-electron chi connectivity index (χ3n) is 2.46. The van der Waals surface area contributed by atoms with E-state index in [-0.39, 0.29) is 17.0 Å². The van der Waals surface area contributed by atoms with Gasteiger partial charge < -0.3 is 9.05 Å². The maximum atomic E-state index is 11.6. The van der Waals surface area contributed by atoms with Gasteiger partial charge in [-0.3, -0.25) is 4.89 Å². The molecule has 1 N–H and O–H groups in total. The fraction of sp³-hybridized carbons (Fsp3) is 0.600. The van der Waals surface area contributed by atoms with Crippen LogP contribution in [0.4, 0.5) is 0 Å². The second-order valence-corrected chi connectivity index (χ2v) is 5.08. The SMILES string of the molecule is Br.O=P(O)(OC1=CCCC1)OC1=CCCC1. The number of halogens is 1. The molecule has 0 unspecified atom stereocenters. The van der Waals surface area contributed by atoms with Gasteiger partial charge in [-0.2, -0.15) is 0 Å². The average Bonchev–Trinajstić information content (AvgIpc) is 2.75. The van der Waals surface area contributed by atoms with Crippen LogP contribution in [0.2, 0.25) is 0 Å². The summed E-state index contributed by atoms with van der Waals surface area (Å²) in [4.78, 5) is 9.46. The van der Waals surface area contributed by atoms with Crippen molar-refractivity contribution in [2.45, 2.75) is 38.5 Å². The smallest absolute Gasteiger partial charge is 0.400 e. The fourth-order valence-corrected chi connectivity index (χ4v) is 2.73. The van der Waals surface area contributed by atoms with Crippen molar-refractivity contribution < 1.29 is 18.5 Å². The topological polar surface area (TPSA) is 55.8 Å². The van der Waals surface area contributed by atoms with Gasteiger partial charge >= 0.3 is 7.82 Å². The van der Waals surface area contributed by atoms with Crippen LogP contribution >= 0.6 is 24.8 Å². The van der Waals surface area contributed by atoms with Gasteiger partial charge in [0.2, 0.25) is 0 Å². The van der Waals surface area contributed by atoms with E-state index in [0.29, 0.717) is 11.5 Å². The third kappa shape index (κ3) is 3.96. The summed E-state index contributed by atoms with van der Waals surface area (Å²) in [6, 6.07) is 0. The van der Waals surface area contributed by atoms with Crippen LogP contribution < -0.4 is 0 Å². The summed E-state index contributed by atoms with van der Waals surface area (Å²) in [7, 11) is -3.93. The molecule has 0 aromatic heterocycles. The normalized spacial score (nSPS) is 19.8. The Labute approximate surface area is 106 Å². The molecule has 4 nitrogen and oxygen atoms in total. The summed E-state index contributed by atoms with van der Waals surface area (Å²) in [6.07, 6.45) is 8.94. The fourth-order valence-electron chi connectivity index (χ4n) is 1.76. The first-order chi connectivity index (χ1) is 7.16. The highest BCUT2D eigenvalue weighted by molar-refractivity contribution is 8.93. The molecule has 2 aliphatic carbocycles. The molecule has 0 aliphatic heterocycles. The van der Waals surface area contributed by atoms with Gasteiger partial charge in [0.1, 0.15) is 11.5 Å². The summed E-state index contributed by atoms with van der Waals surface area (Å²) in [5, 5.41) is 0. The first-order valence-corrected chi connectivity index (χ1v) is 6.75. The lowest BCUT2D eigenvalue weighted by Crippen LogP contribution is -1.93. The van der Waals surface area contributed by atoms with E-state index in [1.807, 2.05) is 12.2 Å². The lowest BCUT2D eigenvalue weighted by molar-refractivity contribution is 0.210. The van der Waals surface area contributed by atoms with E-state index in [9.17, 15) is 9.46 Å². The molecule has 0 fully saturated rings. The Morgan fingerprint density at radius 3 is 1.81 bits per heavy atom. The summed E-state index contributed by atoms with van der Waals surface area (Å²) in [5.74, 6) is 1.17. The molecule has 0 amide bonds. The van der Waals surface area contributed by atoms with Crippen LogP contribution in [-0.2, 0) is 13.6 Å². The van der Waals surface area contributed by atoms with Gasteiger partial charge in [0.15, 0.2) is 0 Å². The van der Waals surface area contributed by atoms with Crippen LogP contribution in [0.3, 0.4) is 0 Å². The molecule has 0 saturated carbocycles. The maximum Gasteiger partial charge on any atom is 0.584 e. The summed E-state index contributed by atoms with van der Waals surface area (Å²) in [5.41, 5.74) is 0. The quantitative estimate of drug-likeness (QED) is 0.802. The standard InChI is InChI=1S/C10H15O4P.BrH/c11-15(12,13-9-5-1-2-6-9)14-10-7-3-4-8-10;/h5,7H,1-4,6,8H2,(H,11,12);1H. The minimum atomic E-state index is -3.93. The van der Waals surface area contributed by atoms with Gasteiger partial charge in [-0.05, 0) is 37.8 Å². The Hall–Kier alpha value is -0.250. The molecule has 0 heterocycles. The van der Waals surface area contributed by atoms with Crippen LogP contribution in [0, 0.1) is 0 Å². The van der Waals surface area contributed by atoms with Crippen molar-refractivity contribution in [3.8, 4) is 0 Å². The molecule has 0 saturated heterocycles. The summed E-state index contributed by atoms with van der Waals surface area (Å²) < 4.78 is 21.5. The molecule has 16 heavy (non-hydrogen) atoms. The van der Waals surface area contributed by atoms with Gasteiger partial charge in [0.05, 0.1) is 0 Å². The first-order valence-electron chi connectivity index (χ1n) is 5.26. The van der Waals surface area contributed by atoms with E-state index in [1.165, 1.54) is 0 Å². The lowest BCUT2D eigenvalue weighted by atomic mass is 10.4. The number of phosphoric ester groups is 1. The molecule has 0 radical (unpaired) electrons. The van der Waals surface area contributed by atoms with Crippen LogP contribution in [0.15, 0.2) is 23.7 Å². The van der Waals surface area contributed by atoms with E-state index in [2.05, 4.69) is 0 Å².